The van der Waals surface area contributed by atoms with Gasteiger partial charge in [-0.2, -0.15) is 0 Å². The van der Waals surface area contributed by atoms with Crippen molar-refractivity contribution >= 4 is 6.16 Å². The van der Waals surface area contributed by atoms with Crippen molar-refractivity contribution in [1.82, 2.24) is 0 Å². The normalized spacial score (nSPS) is 27.6. The Balaban J connectivity index is 2.19. The molecule has 0 atom stereocenters. The van der Waals surface area contributed by atoms with E-state index < -0.39 is 6.16 Å². The Morgan fingerprint density at radius 1 is 1.36 bits per heavy atom. The molecule has 1 saturated carbocycles. The van der Waals surface area contributed by atoms with Gasteiger partial charge in [-0.1, -0.05) is 13.8 Å². The predicted molar refractivity (Wildman–Crippen MR) is 54.3 cm³/mol. The van der Waals surface area contributed by atoms with Crippen molar-refractivity contribution in [3.63, 3.8) is 0 Å². The van der Waals surface area contributed by atoms with E-state index in [1.807, 2.05) is 0 Å². The second-order valence-corrected chi connectivity index (χ2v) is 4.60. The molecule has 1 aliphatic rings. The topological polar surface area (TPSA) is 46.5 Å². The summed E-state index contributed by atoms with van der Waals surface area (Å²) in [4.78, 5) is 10.2. The average molecular weight is 200 g/mol. The van der Waals surface area contributed by atoms with Crippen LogP contribution in [0.1, 0.15) is 39.5 Å². The number of hydrogen-bond donors (Lipinski definition) is 1. The fourth-order valence-electron chi connectivity index (χ4n) is 2.21. The molecule has 0 spiro atoms. The Morgan fingerprint density at radius 2 is 1.93 bits per heavy atom. The van der Waals surface area contributed by atoms with Gasteiger partial charge in [0.05, 0.1) is 6.61 Å². The third-order valence-corrected chi connectivity index (χ3v) is 3.28. The molecule has 0 saturated heterocycles. The van der Waals surface area contributed by atoms with E-state index >= 15 is 0 Å². The molecule has 0 bridgehead atoms. The molecule has 3 heteroatoms. The van der Waals surface area contributed by atoms with E-state index in [-0.39, 0.29) is 0 Å². The van der Waals surface area contributed by atoms with Crippen molar-refractivity contribution in [1.29, 1.82) is 0 Å². The molecule has 14 heavy (non-hydrogen) atoms. The van der Waals surface area contributed by atoms with Gasteiger partial charge in [0.2, 0.25) is 0 Å². The maximum Gasteiger partial charge on any atom is 0.505 e. The summed E-state index contributed by atoms with van der Waals surface area (Å²) in [5.41, 5.74) is 0. The van der Waals surface area contributed by atoms with E-state index in [1.165, 1.54) is 12.8 Å². The average Bonchev–Trinajstić information content (AvgIpc) is 2.15. The summed E-state index contributed by atoms with van der Waals surface area (Å²) in [6, 6.07) is 0. The van der Waals surface area contributed by atoms with Crippen molar-refractivity contribution < 1.29 is 14.6 Å². The molecule has 0 aromatic rings. The minimum absolute atomic E-state index is 0.389. The van der Waals surface area contributed by atoms with Crippen LogP contribution in [0, 0.1) is 17.8 Å². The van der Waals surface area contributed by atoms with Gasteiger partial charge in [-0.3, -0.25) is 0 Å². The lowest BCUT2D eigenvalue weighted by molar-refractivity contribution is 0.0640. The summed E-state index contributed by atoms with van der Waals surface area (Å²) in [5.74, 6) is 2.05. The lowest BCUT2D eigenvalue weighted by Crippen LogP contribution is -2.22. The van der Waals surface area contributed by atoms with E-state index in [2.05, 4.69) is 18.6 Å². The van der Waals surface area contributed by atoms with Gasteiger partial charge < -0.3 is 9.84 Å². The zero-order valence-corrected chi connectivity index (χ0v) is 9.03. The molecule has 0 aromatic carbocycles. The highest BCUT2D eigenvalue weighted by Crippen LogP contribution is 2.33. The van der Waals surface area contributed by atoms with E-state index in [9.17, 15) is 4.79 Å². The van der Waals surface area contributed by atoms with Gasteiger partial charge in [-0.25, -0.2) is 4.79 Å². The maximum atomic E-state index is 10.2. The highest BCUT2D eigenvalue weighted by molar-refractivity contribution is 5.56. The molecule has 82 valence electrons. The van der Waals surface area contributed by atoms with Gasteiger partial charge >= 0.3 is 6.16 Å². The quantitative estimate of drug-likeness (QED) is 0.712. The third kappa shape index (κ3) is 3.56. The second kappa shape index (κ2) is 5.23. The van der Waals surface area contributed by atoms with E-state index in [1.54, 1.807) is 0 Å². The Labute approximate surface area is 85.5 Å². The van der Waals surface area contributed by atoms with E-state index in [0.717, 1.165) is 24.7 Å². The number of ether oxygens (including phenoxy) is 1. The molecule has 0 unspecified atom stereocenters. The molecule has 0 aliphatic heterocycles. The number of rotatable bonds is 3. The lowest BCUT2D eigenvalue weighted by atomic mass is 9.77. The zero-order valence-electron chi connectivity index (χ0n) is 9.03. The summed E-state index contributed by atoms with van der Waals surface area (Å²) in [5, 5.41) is 8.36. The van der Waals surface area contributed by atoms with Gasteiger partial charge in [-0.15, -0.1) is 0 Å². The fourth-order valence-corrected chi connectivity index (χ4v) is 2.21. The van der Waals surface area contributed by atoms with Crippen molar-refractivity contribution in [3.8, 4) is 0 Å². The zero-order chi connectivity index (χ0) is 10.6. The van der Waals surface area contributed by atoms with Crippen LogP contribution in [0.3, 0.4) is 0 Å². The van der Waals surface area contributed by atoms with E-state index in [0.29, 0.717) is 12.5 Å². The van der Waals surface area contributed by atoms with Crippen LogP contribution in [0.25, 0.3) is 0 Å². The third-order valence-electron chi connectivity index (χ3n) is 3.28. The second-order valence-electron chi connectivity index (χ2n) is 4.60. The van der Waals surface area contributed by atoms with Crippen LogP contribution in [0.4, 0.5) is 4.79 Å². The fraction of sp³-hybridized carbons (Fsp3) is 0.909. The molecule has 0 aromatic heterocycles. The first kappa shape index (κ1) is 11.3. The van der Waals surface area contributed by atoms with Crippen molar-refractivity contribution in [2.24, 2.45) is 17.8 Å². The molecule has 0 heterocycles. The molecule has 0 radical (unpaired) electrons. The smallest absolute Gasteiger partial charge is 0.450 e. The lowest BCUT2D eigenvalue weighted by Gasteiger charge is -2.30. The molecular weight excluding hydrogens is 180 g/mol. The van der Waals surface area contributed by atoms with Crippen LogP contribution in [-0.2, 0) is 4.74 Å². The highest BCUT2D eigenvalue weighted by atomic mass is 16.7. The molecule has 0 amide bonds. The first-order valence-corrected chi connectivity index (χ1v) is 5.45. The molecule has 3 nitrogen and oxygen atoms in total. The van der Waals surface area contributed by atoms with Crippen LogP contribution in [0.5, 0.6) is 0 Å². The monoisotopic (exact) mass is 200 g/mol. The van der Waals surface area contributed by atoms with Crippen LogP contribution >= 0.6 is 0 Å². The Hall–Kier alpha value is -0.730. The summed E-state index contributed by atoms with van der Waals surface area (Å²) < 4.78 is 4.59. The molecular formula is C11H20O3. The summed E-state index contributed by atoms with van der Waals surface area (Å²) in [7, 11) is 0. The van der Waals surface area contributed by atoms with Gasteiger partial charge in [0, 0.05) is 0 Å². The number of hydrogen-bond acceptors (Lipinski definition) is 2. The molecule has 1 fully saturated rings. The number of carbonyl (C=O) groups is 1. The van der Waals surface area contributed by atoms with Crippen LogP contribution in [-0.4, -0.2) is 17.9 Å². The van der Waals surface area contributed by atoms with Gasteiger partial charge in [0.15, 0.2) is 0 Å². The Bertz CT molecular complexity index is 181. The van der Waals surface area contributed by atoms with Crippen molar-refractivity contribution in [2.75, 3.05) is 6.61 Å². The van der Waals surface area contributed by atoms with Gasteiger partial charge in [0.25, 0.3) is 0 Å². The van der Waals surface area contributed by atoms with Gasteiger partial charge in [0.1, 0.15) is 0 Å². The minimum atomic E-state index is -1.14. The number of carboxylic acid groups (broad SMARTS) is 1. The molecule has 1 N–H and O–H groups in total. The van der Waals surface area contributed by atoms with Crippen LogP contribution < -0.4 is 0 Å². The Morgan fingerprint density at radius 3 is 2.36 bits per heavy atom. The summed E-state index contributed by atoms with van der Waals surface area (Å²) >= 11 is 0. The van der Waals surface area contributed by atoms with Crippen LogP contribution in [0.2, 0.25) is 0 Å². The first-order valence-electron chi connectivity index (χ1n) is 5.45. The predicted octanol–water partition coefficient (Wildman–Crippen LogP) is 3.14. The van der Waals surface area contributed by atoms with Crippen molar-refractivity contribution in [3.05, 3.63) is 0 Å². The summed E-state index contributed by atoms with van der Waals surface area (Å²) in [6.07, 6.45) is 3.55. The van der Waals surface area contributed by atoms with Crippen molar-refractivity contribution in [2.45, 2.75) is 39.5 Å². The first-order chi connectivity index (χ1) is 6.59. The maximum absolute atomic E-state index is 10.2. The minimum Gasteiger partial charge on any atom is -0.450 e. The van der Waals surface area contributed by atoms with Crippen LogP contribution in [0.15, 0.2) is 0 Å². The largest absolute Gasteiger partial charge is 0.505 e. The summed E-state index contributed by atoms with van der Waals surface area (Å²) in [6.45, 7) is 4.91. The standard InChI is InChI=1S/C11H20O3/c1-8(2)10-5-3-9(4-6-10)7-14-11(12)13/h8-10H,3-7H2,1-2H3,(H,12,13). The van der Waals surface area contributed by atoms with Gasteiger partial charge in [-0.05, 0) is 43.4 Å². The molecule has 1 aliphatic carbocycles. The highest BCUT2D eigenvalue weighted by Gasteiger charge is 2.23. The Kier molecular flexibility index (Phi) is 4.23. The van der Waals surface area contributed by atoms with E-state index in [4.69, 9.17) is 5.11 Å². The SMILES string of the molecule is CC(C)C1CCC(COC(=O)O)CC1. The molecule has 1 rings (SSSR count).